The lowest BCUT2D eigenvalue weighted by molar-refractivity contribution is 0.0639. The Balaban J connectivity index is 2.05. The van der Waals surface area contributed by atoms with Crippen molar-refractivity contribution in [2.45, 2.75) is 38.8 Å². The van der Waals surface area contributed by atoms with Crippen molar-refractivity contribution in [3.8, 4) is 0 Å². The molecule has 19 heavy (non-hydrogen) atoms. The molecule has 2 heterocycles. The van der Waals surface area contributed by atoms with Crippen LogP contribution in [0.25, 0.3) is 0 Å². The Morgan fingerprint density at radius 3 is 2.74 bits per heavy atom. The van der Waals surface area contributed by atoms with Crippen molar-refractivity contribution < 1.29 is 4.79 Å². The van der Waals surface area contributed by atoms with Crippen molar-refractivity contribution in [3.63, 3.8) is 0 Å². The molecule has 1 aromatic rings. The Morgan fingerprint density at radius 1 is 1.26 bits per heavy atom. The summed E-state index contributed by atoms with van der Waals surface area (Å²) in [5.41, 5.74) is 1.07. The molecular formula is C15H19N2O2-. The van der Waals surface area contributed by atoms with E-state index in [1.54, 1.807) is 12.1 Å². The van der Waals surface area contributed by atoms with E-state index in [9.17, 15) is 10.0 Å². The van der Waals surface area contributed by atoms with Crippen LogP contribution in [0.2, 0.25) is 0 Å². The standard InChI is InChI=1S/C15H19N2O2/c1-10(2)13-8-7-11-9-16(19)14-6-4-3-5-12(14)15(18)17(11)13/h3-6,10-11,13H,7-9H2,1-2H3/q-1/t11-,13?/m0/s1. The predicted molar refractivity (Wildman–Crippen MR) is 75.0 cm³/mol. The minimum Gasteiger partial charge on any atom is -0.758 e. The molecule has 3 rings (SSSR count). The molecule has 4 heteroatoms. The molecule has 1 fully saturated rings. The fourth-order valence-corrected chi connectivity index (χ4v) is 3.36. The summed E-state index contributed by atoms with van der Waals surface area (Å²) < 4.78 is 0. The summed E-state index contributed by atoms with van der Waals surface area (Å²) in [6.07, 6.45) is 1.94. The van der Waals surface area contributed by atoms with E-state index in [2.05, 4.69) is 13.8 Å². The summed E-state index contributed by atoms with van der Waals surface area (Å²) in [6.45, 7) is 4.68. The Morgan fingerprint density at radius 2 is 2.00 bits per heavy atom. The maximum atomic E-state index is 12.7. The molecule has 2 aliphatic rings. The number of hydroxylamine groups is 1. The van der Waals surface area contributed by atoms with Crippen LogP contribution in [0.3, 0.4) is 0 Å². The summed E-state index contributed by atoms with van der Waals surface area (Å²) in [7, 11) is 0. The molecule has 1 saturated heterocycles. The molecule has 1 amide bonds. The molecule has 2 atom stereocenters. The molecule has 1 aromatic carbocycles. The topological polar surface area (TPSA) is 46.6 Å². The fraction of sp³-hybridized carbons (Fsp3) is 0.533. The highest BCUT2D eigenvalue weighted by Crippen LogP contribution is 2.36. The Hall–Kier alpha value is -1.55. The van der Waals surface area contributed by atoms with Gasteiger partial charge in [-0.15, -0.1) is 0 Å². The number of nitrogens with zero attached hydrogens (tertiary/aromatic N) is 2. The summed E-state index contributed by atoms with van der Waals surface area (Å²) >= 11 is 0. The zero-order valence-electron chi connectivity index (χ0n) is 11.4. The van der Waals surface area contributed by atoms with E-state index in [-0.39, 0.29) is 18.0 Å². The summed E-state index contributed by atoms with van der Waals surface area (Å²) in [4.78, 5) is 14.7. The van der Waals surface area contributed by atoms with Crippen LogP contribution in [0.15, 0.2) is 24.3 Å². The van der Waals surface area contributed by atoms with Gasteiger partial charge in [0.15, 0.2) is 0 Å². The van der Waals surface area contributed by atoms with E-state index < -0.39 is 0 Å². The molecule has 0 spiro atoms. The minimum atomic E-state index is 0.0233. The van der Waals surface area contributed by atoms with Crippen molar-refractivity contribution >= 4 is 11.6 Å². The first-order chi connectivity index (χ1) is 9.09. The maximum Gasteiger partial charge on any atom is 0.256 e. The number of fused-ring (bicyclic) bond motifs is 2. The zero-order chi connectivity index (χ0) is 13.6. The Kier molecular flexibility index (Phi) is 2.97. The summed E-state index contributed by atoms with van der Waals surface area (Å²) in [5.74, 6) is 0.453. The molecule has 2 aliphatic heterocycles. The second kappa shape index (κ2) is 4.53. The highest BCUT2D eigenvalue weighted by atomic mass is 16.5. The van der Waals surface area contributed by atoms with Gasteiger partial charge < -0.3 is 15.2 Å². The van der Waals surface area contributed by atoms with Gasteiger partial charge in [-0.25, -0.2) is 0 Å². The lowest BCUT2D eigenvalue weighted by atomic mass is 10.0. The third-order valence-corrected chi connectivity index (χ3v) is 4.33. The quantitative estimate of drug-likeness (QED) is 0.779. The predicted octanol–water partition coefficient (Wildman–Crippen LogP) is 2.63. The first-order valence-electron chi connectivity index (χ1n) is 6.96. The minimum absolute atomic E-state index is 0.0233. The van der Waals surface area contributed by atoms with Crippen molar-refractivity contribution in [2.75, 3.05) is 11.6 Å². The zero-order valence-corrected chi connectivity index (χ0v) is 11.4. The molecular weight excluding hydrogens is 240 g/mol. The van der Waals surface area contributed by atoms with Gasteiger partial charge in [-0.05, 0) is 30.9 Å². The first kappa shape index (κ1) is 12.5. The van der Waals surface area contributed by atoms with Crippen molar-refractivity contribution in [3.05, 3.63) is 35.0 Å². The van der Waals surface area contributed by atoms with Gasteiger partial charge in [-0.3, -0.25) is 4.79 Å². The Bertz CT molecular complexity index is 501. The van der Waals surface area contributed by atoms with Crippen LogP contribution in [-0.4, -0.2) is 29.4 Å². The van der Waals surface area contributed by atoms with Gasteiger partial charge in [0.1, 0.15) is 0 Å². The third kappa shape index (κ3) is 1.91. The molecule has 0 bridgehead atoms. The van der Waals surface area contributed by atoms with Crippen LogP contribution in [-0.2, 0) is 0 Å². The van der Waals surface area contributed by atoms with Crippen LogP contribution in [0, 0.1) is 11.1 Å². The molecule has 0 N–H and O–H groups in total. The normalized spacial score (nSPS) is 26.4. The monoisotopic (exact) mass is 259 g/mol. The number of rotatable bonds is 1. The van der Waals surface area contributed by atoms with Gasteiger partial charge in [-0.1, -0.05) is 26.0 Å². The summed E-state index contributed by atoms with van der Waals surface area (Å²) in [5, 5.41) is 13.2. The lowest BCUT2D eigenvalue weighted by Gasteiger charge is -2.34. The van der Waals surface area contributed by atoms with E-state index in [1.165, 1.54) is 0 Å². The molecule has 102 valence electrons. The molecule has 4 nitrogen and oxygen atoms in total. The fourth-order valence-electron chi connectivity index (χ4n) is 3.36. The number of benzene rings is 1. The number of hydrogen-bond acceptors (Lipinski definition) is 3. The van der Waals surface area contributed by atoms with Crippen LogP contribution in [0.4, 0.5) is 5.69 Å². The van der Waals surface area contributed by atoms with Gasteiger partial charge >= 0.3 is 0 Å². The first-order valence-corrected chi connectivity index (χ1v) is 6.96. The molecule has 0 saturated carbocycles. The molecule has 1 unspecified atom stereocenters. The van der Waals surface area contributed by atoms with Crippen molar-refractivity contribution in [2.24, 2.45) is 5.92 Å². The number of carbonyl (C=O) groups is 1. The number of hydrogen-bond donors (Lipinski definition) is 0. The molecule has 0 aliphatic carbocycles. The van der Waals surface area contributed by atoms with Gasteiger partial charge in [0, 0.05) is 24.3 Å². The summed E-state index contributed by atoms with van der Waals surface area (Å²) in [6, 6.07) is 7.47. The van der Waals surface area contributed by atoms with Crippen molar-refractivity contribution in [1.82, 2.24) is 4.90 Å². The van der Waals surface area contributed by atoms with Crippen LogP contribution in [0.5, 0.6) is 0 Å². The van der Waals surface area contributed by atoms with Crippen LogP contribution >= 0.6 is 0 Å². The van der Waals surface area contributed by atoms with Crippen LogP contribution < -0.4 is 5.06 Å². The smallest absolute Gasteiger partial charge is 0.256 e. The lowest BCUT2D eigenvalue weighted by Crippen LogP contribution is -2.45. The van der Waals surface area contributed by atoms with E-state index >= 15 is 0 Å². The van der Waals surface area contributed by atoms with E-state index in [4.69, 9.17) is 0 Å². The highest BCUT2D eigenvalue weighted by molar-refractivity contribution is 6.01. The largest absolute Gasteiger partial charge is 0.758 e. The van der Waals surface area contributed by atoms with E-state index in [1.807, 2.05) is 17.0 Å². The van der Waals surface area contributed by atoms with E-state index in [0.29, 0.717) is 23.7 Å². The molecule has 0 radical (unpaired) electrons. The number of para-hydroxylation sites is 1. The second-order valence-corrected chi connectivity index (χ2v) is 5.83. The number of amides is 1. The van der Waals surface area contributed by atoms with Crippen LogP contribution in [0.1, 0.15) is 37.0 Å². The van der Waals surface area contributed by atoms with Gasteiger partial charge in [0.25, 0.3) is 5.91 Å². The second-order valence-electron chi connectivity index (χ2n) is 5.83. The molecule has 0 aromatic heterocycles. The maximum absolute atomic E-state index is 12.7. The average molecular weight is 259 g/mol. The van der Waals surface area contributed by atoms with E-state index in [0.717, 1.165) is 17.9 Å². The van der Waals surface area contributed by atoms with Gasteiger partial charge in [0.05, 0.1) is 5.56 Å². The van der Waals surface area contributed by atoms with Gasteiger partial charge in [-0.2, -0.15) is 0 Å². The Labute approximate surface area is 113 Å². The number of anilines is 1. The SMILES string of the molecule is CC(C)C1CC[C@H]2CN([O-])c3ccccc3C(=O)N12. The third-order valence-electron chi connectivity index (χ3n) is 4.33. The van der Waals surface area contributed by atoms with Gasteiger partial charge in [0.2, 0.25) is 0 Å². The highest BCUT2D eigenvalue weighted by Gasteiger charge is 2.41. The average Bonchev–Trinajstić information content (AvgIpc) is 2.77. The number of carbonyl (C=O) groups excluding carboxylic acids is 1. The van der Waals surface area contributed by atoms with Crippen molar-refractivity contribution in [1.29, 1.82) is 0 Å².